The van der Waals surface area contributed by atoms with E-state index in [-0.39, 0.29) is 18.3 Å². The number of hydrogen-bond acceptors (Lipinski definition) is 2. The van der Waals surface area contributed by atoms with E-state index in [4.69, 9.17) is 11.6 Å². The third kappa shape index (κ3) is 2.79. The van der Waals surface area contributed by atoms with Gasteiger partial charge in [0.15, 0.2) is 0 Å². The van der Waals surface area contributed by atoms with Gasteiger partial charge in [-0.2, -0.15) is 0 Å². The molecule has 4 bridgehead atoms. The molecule has 1 aromatic carbocycles. The predicted octanol–water partition coefficient (Wildman–Crippen LogP) is 2.83. The van der Waals surface area contributed by atoms with Crippen LogP contribution in [0.3, 0.4) is 0 Å². The molecule has 0 spiro atoms. The van der Waals surface area contributed by atoms with Crippen LogP contribution in [0.5, 0.6) is 0 Å². The monoisotopic (exact) mass is 326 g/mol. The van der Waals surface area contributed by atoms with Gasteiger partial charge in [0.2, 0.25) is 0 Å². The van der Waals surface area contributed by atoms with E-state index >= 15 is 0 Å². The van der Waals surface area contributed by atoms with Crippen LogP contribution in [0.2, 0.25) is 5.02 Å². The summed E-state index contributed by atoms with van der Waals surface area (Å²) in [6, 6.07) is 7.53. The number of nitrogens with one attached hydrogen (secondary N) is 1. The van der Waals surface area contributed by atoms with Crippen molar-refractivity contribution in [1.82, 2.24) is 10.2 Å². The van der Waals surface area contributed by atoms with E-state index < -0.39 is 0 Å². The Balaban J connectivity index is 0.00000132. The Morgan fingerprint density at radius 1 is 1.10 bits per heavy atom. The molecule has 2 atom stereocenters. The van der Waals surface area contributed by atoms with Gasteiger partial charge in [0, 0.05) is 36.3 Å². The molecule has 0 radical (unpaired) electrons. The minimum atomic E-state index is 0. The smallest absolute Gasteiger partial charge is 0.251 e. The lowest BCUT2D eigenvalue weighted by atomic mass is 9.65. The highest BCUT2D eigenvalue weighted by molar-refractivity contribution is 6.30. The lowest BCUT2D eigenvalue weighted by Gasteiger charge is -2.55. The molecule has 1 saturated carbocycles. The minimum Gasteiger partial charge on any atom is -0.349 e. The van der Waals surface area contributed by atoms with Crippen LogP contribution >= 0.6 is 24.0 Å². The van der Waals surface area contributed by atoms with E-state index in [0.717, 1.165) is 5.92 Å². The standard InChI is InChI=1S/C16H19ClN2O.ClH/c17-14-3-1-11(2-4-14)16(20)18-15-12-5-10-6-13(15)9-19(7-10)8-12;/h1-4,10,12-13,15H,5-9H2,(H,18,20);1H. The summed E-state index contributed by atoms with van der Waals surface area (Å²) in [6.07, 6.45) is 2.58. The summed E-state index contributed by atoms with van der Waals surface area (Å²) in [6.45, 7) is 3.61. The summed E-state index contributed by atoms with van der Waals surface area (Å²) >= 11 is 5.87. The number of rotatable bonds is 2. The number of benzene rings is 1. The molecule has 3 nitrogen and oxygen atoms in total. The zero-order chi connectivity index (χ0) is 13.7. The SMILES string of the molecule is Cl.O=C(NC1C2CC3CC1CN(C3)C2)c1ccc(Cl)cc1. The van der Waals surface area contributed by atoms with Crippen molar-refractivity contribution in [3.8, 4) is 0 Å². The summed E-state index contributed by atoms with van der Waals surface area (Å²) in [7, 11) is 0. The van der Waals surface area contributed by atoms with Gasteiger partial charge in [-0.25, -0.2) is 0 Å². The van der Waals surface area contributed by atoms with Crippen molar-refractivity contribution in [2.24, 2.45) is 17.8 Å². The molecule has 5 heteroatoms. The fourth-order valence-corrected chi connectivity index (χ4v) is 4.61. The van der Waals surface area contributed by atoms with Crippen molar-refractivity contribution in [3.63, 3.8) is 0 Å². The van der Waals surface area contributed by atoms with Crippen LogP contribution in [-0.4, -0.2) is 36.5 Å². The number of amides is 1. The molecule has 4 fully saturated rings. The molecule has 4 aliphatic rings. The number of piperidine rings is 3. The molecule has 5 rings (SSSR count). The lowest BCUT2D eigenvalue weighted by molar-refractivity contribution is -0.0418. The van der Waals surface area contributed by atoms with E-state index in [0.29, 0.717) is 28.5 Å². The van der Waals surface area contributed by atoms with Crippen LogP contribution in [0.25, 0.3) is 0 Å². The second-order valence-electron chi connectivity index (χ2n) is 6.58. The molecule has 3 saturated heterocycles. The van der Waals surface area contributed by atoms with Crippen LogP contribution in [0.1, 0.15) is 23.2 Å². The Morgan fingerprint density at radius 2 is 1.71 bits per heavy atom. The van der Waals surface area contributed by atoms with Crippen LogP contribution in [-0.2, 0) is 0 Å². The fourth-order valence-electron chi connectivity index (χ4n) is 4.48. The Bertz CT molecular complexity index is 504. The van der Waals surface area contributed by atoms with Crippen LogP contribution in [0.15, 0.2) is 24.3 Å². The first-order chi connectivity index (χ1) is 9.69. The Labute approximate surface area is 136 Å². The highest BCUT2D eigenvalue weighted by Gasteiger charge is 2.47. The third-order valence-electron chi connectivity index (χ3n) is 5.19. The van der Waals surface area contributed by atoms with E-state index in [1.165, 1.54) is 32.5 Å². The van der Waals surface area contributed by atoms with E-state index in [2.05, 4.69) is 10.2 Å². The maximum atomic E-state index is 12.4. The van der Waals surface area contributed by atoms with Crippen molar-refractivity contribution < 1.29 is 4.79 Å². The Morgan fingerprint density at radius 3 is 2.29 bits per heavy atom. The first-order valence-corrected chi connectivity index (χ1v) is 7.85. The average Bonchev–Trinajstić information content (AvgIpc) is 2.42. The van der Waals surface area contributed by atoms with Gasteiger partial charge in [-0.1, -0.05) is 11.6 Å². The highest BCUT2D eigenvalue weighted by Crippen LogP contribution is 2.43. The van der Waals surface area contributed by atoms with Crippen molar-refractivity contribution in [3.05, 3.63) is 34.9 Å². The van der Waals surface area contributed by atoms with Gasteiger partial charge in [-0.05, 0) is 54.9 Å². The number of hydrogen-bond donors (Lipinski definition) is 1. The van der Waals surface area contributed by atoms with Gasteiger partial charge in [0.05, 0.1) is 0 Å². The molecule has 1 aromatic rings. The highest BCUT2D eigenvalue weighted by atomic mass is 35.5. The quantitative estimate of drug-likeness (QED) is 0.906. The van der Waals surface area contributed by atoms with Crippen molar-refractivity contribution >= 4 is 29.9 Å². The molecule has 0 aromatic heterocycles. The molecular formula is C16H20Cl2N2O. The predicted molar refractivity (Wildman–Crippen MR) is 86.1 cm³/mol. The molecule has 1 aliphatic carbocycles. The summed E-state index contributed by atoms with van der Waals surface area (Å²) in [5, 5.41) is 3.96. The molecule has 2 unspecified atom stereocenters. The summed E-state index contributed by atoms with van der Waals surface area (Å²) in [4.78, 5) is 15.0. The van der Waals surface area contributed by atoms with Gasteiger partial charge < -0.3 is 10.2 Å². The topological polar surface area (TPSA) is 32.3 Å². The molecule has 21 heavy (non-hydrogen) atoms. The third-order valence-corrected chi connectivity index (χ3v) is 5.45. The number of halogens is 2. The summed E-state index contributed by atoms with van der Waals surface area (Å²) in [5.41, 5.74) is 0.712. The van der Waals surface area contributed by atoms with Crippen molar-refractivity contribution in [2.75, 3.05) is 19.6 Å². The summed E-state index contributed by atoms with van der Waals surface area (Å²) < 4.78 is 0. The van der Waals surface area contributed by atoms with E-state index in [1.54, 1.807) is 24.3 Å². The zero-order valence-corrected chi connectivity index (χ0v) is 13.4. The summed E-state index contributed by atoms with van der Waals surface area (Å²) in [5.74, 6) is 2.22. The normalized spacial score (nSPS) is 36.1. The Kier molecular flexibility index (Phi) is 4.17. The molecule has 114 valence electrons. The first-order valence-electron chi connectivity index (χ1n) is 7.48. The minimum absolute atomic E-state index is 0. The van der Waals surface area contributed by atoms with Gasteiger partial charge in [0.25, 0.3) is 5.91 Å². The van der Waals surface area contributed by atoms with Crippen LogP contribution in [0, 0.1) is 17.8 Å². The molecule has 1 N–H and O–H groups in total. The van der Waals surface area contributed by atoms with Crippen molar-refractivity contribution in [2.45, 2.75) is 18.9 Å². The van der Waals surface area contributed by atoms with Crippen molar-refractivity contribution in [1.29, 1.82) is 0 Å². The molecule has 3 heterocycles. The number of carbonyl (C=O) groups is 1. The average molecular weight is 327 g/mol. The second kappa shape index (κ2) is 5.79. The largest absolute Gasteiger partial charge is 0.349 e. The number of carbonyl (C=O) groups excluding carboxylic acids is 1. The maximum absolute atomic E-state index is 12.4. The maximum Gasteiger partial charge on any atom is 0.251 e. The van der Waals surface area contributed by atoms with E-state index in [9.17, 15) is 4.79 Å². The number of nitrogens with zero attached hydrogens (tertiary/aromatic N) is 1. The van der Waals surface area contributed by atoms with Crippen LogP contribution < -0.4 is 5.32 Å². The molecule has 1 amide bonds. The van der Waals surface area contributed by atoms with Gasteiger partial charge in [-0.3, -0.25) is 4.79 Å². The fraction of sp³-hybridized carbons (Fsp3) is 0.562. The zero-order valence-electron chi connectivity index (χ0n) is 11.8. The second-order valence-corrected chi connectivity index (χ2v) is 7.02. The van der Waals surface area contributed by atoms with Gasteiger partial charge in [0.1, 0.15) is 0 Å². The first kappa shape index (κ1) is 15.1. The Hall–Kier alpha value is -0.770. The molecule has 3 aliphatic heterocycles. The van der Waals surface area contributed by atoms with Gasteiger partial charge >= 0.3 is 0 Å². The van der Waals surface area contributed by atoms with Crippen LogP contribution in [0.4, 0.5) is 0 Å². The lowest BCUT2D eigenvalue weighted by Crippen LogP contribution is -2.64. The van der Waals surface area contributed by atoms with E-state index in [1.807, 2.05) is 0 Å². The van der Waals surface area contributed by atoms with Gasteiger partial charge in [-0.15, -0.1) is 12.4 Å². The molecular weight excluding hydrogens is 307 g/mol.